The highest BCUT2D eigenvalue weighted by Gasteiger charge is 2.16. The number of thioether (sulfide) groups is 1. The summed E-state index contributed by atoms with van der Waals surface area (Å²) in [7, 11) is 0. The monoisotopic (exact) mass is 272 g/mol. The molecule has 0 radical (unpaired) electrons. The number of aryl methyl sites for hydroxylation is 1. The Hall–Kier alpha value is -0.520. The maximum Gasteiger partial charge on any atom is 0.345 e. The fourth-order valence-electron chi connectivity index (χ4n) is 1.82. The van der Waals surface area contributed by atoms with Crippen molar-refractivity contribution in [2.45, 2.75) is 30.8 Å². The number of hydrogen-bond donors (Lipinski definition) is 1. The van der Waals surface area contributed by atoms with Gasteiger partial charge >= 0.3 is 5.97 Å². The summed E-state index contributed by atoms with van der Waals surface area (Å²) in [6.07, 6.45) is 2.22. The first-order valence-electron chi connectivity index (χ1n) is 5.69. The van der Waals surface area contributed by atoms with Crippen LogP contribution in [-0.2, 0) is 10.5 Å². The summed E-state index contributed by atoms with van der Waals surface area (Å²) < 4.78 is 5.32. The molecule has 94 valence electrons. The van der Waals surface area contributed by atoms with Crippen molar-refractivity contribution in [1.29, 1.82) is 0 Å². The molecule has 2 rings (SSSR count). The number of aromatic carboxylic acids is 1. The SMILES string of the molecule is Cc1sc(C(=O)O)cc1CSC1CCOCC1. The second-order valence-electron chi connectivity index (χ2n) is 4.12. The first-order chi connectivity index (χ1) is 8.16. The van der Waals surface area contributed by atoms with Gasteiger partial charge in [0.15, 0.2) is 0 Å². The summed E-state index contributed by atoms with van der Waals surface area (Å²) in [5.41, 5.74) is 1.17. The molecule has 0 aliphatic carbocycles. The fourth-order valence-corrected chi connectivity index (χ4v) is 4.03. The molecule has 0 spiro atoms. The molecule has 3 nitrogen and oxygen atoms in total. The van der Waals surface area contributed by atoms with E-state index in [1.807, 2.05) is 24.8 Å². The van der Waals surface area contributed by atoms with Gasteiger partial charge in [0.05, 0.1) is 0 Å². The van der Waals surface area contributed by atoms with Crippen LogP contribution in [-0.4, -0.2) is 29.5 Å². The van der Waals surface area contributed by atoms with Crippen LogP contribution in [0.5, 0.6) is 0 Å². The minimum absolute atomic E-state index is 0.449. The van der Waals surface area contributed by atoms with Crippen molar-refractivity contribution in [3.63, 3.8) is 0 Å². The number of thiophene rings is 1. The number of hydrogen-bond acceptors (Lipinski definition) is 4. The van der Waals surface area contributed by atoms with Crippen LogP contribution in [0.3, 0.4) is 0 Å². The molecular formula is C12H16O3S2. The lowest BCUT2D eigenvalue weighted by Gasteiger charge is -2.21. The normalized spacial score (nSPS) is 17.2. The van der Waals surface area contributed by atoms with Crippen molar-refractivity contribution < 1.29 is 14.6 Å². The molecule has 2 heterocycles. The third-order valence-corrected chi connectivity index (χ3v) is 5.38. The van der Waals surface area contributed by atoms with E-state index in [1.165, 1.54) is 16.9 Å². The molecule has 0 aromatic carbocycles. The summed E-state index contributed by atoms with van der Waals surface area (Å²) in [6.45, 7) is 3.72. The van der Waals surface area contributed by atoms with Gasteiger partial charge in [0.2, 0.25) is 0 Å². The van der Waals surface area contributed by atoms with Crippen molar-refractivity contribution >= 4 is 29.1 Å². The maximum absolute atomic E-state index is 10.9. The topological polar surface area (TPSA) is 46.5 Å². The molecule has 1 N–H and O–H groups in total. The van der Waals surface area contributed by atoms with Crippen LogP contribution in [0.1, 0.15) is 33.0 Å². The Morgan fingerprint density at radius 2 is 2.29 bits per heavy atom. The van der Waals surface area contributed by atoms with Gasteiger partial charge in [0.25, 0.3) is 0 Å². The van der Waals surface area contributed by atoms with E-state index in [0.29, 0.717) is 10.1 Å². The van der Waals surface area contributed by atoms with Gasteiger partial charge in [-0.1, -0.05) is 0 Å². The number of rotatable bonds is 4. The second kappa shape index (κ2) is 5.89. The van der Waals surface area contributed by atoms with Crippen molar-refractivity contribution in [1.82, 2.24) is 0 Å². The highest BCUT2D eigenvalue weighted by molar-refractivity contribution is 7.99. The zero-order valence-electron chi connectivity index (χ0n) is 9.77. The Morgan fingerprint density at radius 1 is 1.59 bits per heavy atom. The lowest BCUT2D eigenvalue weighted by atomic mass is 10.2. The van der Waals surface area contributed by atoms with Crippen LogP contribution in [0.2, 0.25) is 0 Å². The average molecular weight is 272 g/mol. The molecule has 1 aromatic heterocycles. The van der Waals surface area contributed by atoms with Gasteiger partial charge < -0.3 is 9.84 Å². The Bertz CT molecular complexity index is 394. The summed E-state index contributed by atoms with van der Waals surface area (Å²) in [6, 6.07) is 1.81. The largest absolute Gasteiger partial charge is 0.477 e. The van der Waals surface area contributed by atoms with Crippen molar-refractivity contribution in [3.05, 3.63) is 21.4 Å². The molecule has 0 amide bonds. The Morgan fingerprint density at radius 3 is 2.88 bits per heavy atom. The van der Waals surface area contributed by atoms with E-state index in [0.717, 1.165) is 36.7 Å². The highest BCUT2D eigenvalue weighted by atomic mass is 32.2. The molecule has 1 aliphatic heterocycles. The molecule has 0 atom stereocenters. The van der Waals surface area contributed by atoms with Gasteiger partial charge in [-0.3, -0.25) is 0 Å². The smallest absolute Gasteiger partial charge is 0.345 e. The van der Waals surface area contributed by atoms with E-state index in [4.69, 9.17) is 9.84 Å². The molecular weight excluding hydrogens is 256 g/mol. The van der Waals surface area contributed by atoms with Gasteiger partial charge in [-0.25, -0.2) is 4.79 Å². The summed E-state index contributed by atoms with van der Waals surface area (Å²) in [4.78, 5) is 12.4. The number of carboxylic acids is 1. The van der Waals surface area contributed by atoms with Crippen molar-refractivity contribution in [2.75, 3.05) is 13.2 Å². The van der Waals surface area contributed by atoms with Crippen molar-refractivity contribution in [2.24, 2.45) is 0 Å². The third kappa shape index (κ3) is 3.47. The van der Waals surface area contributed by atoms with Crippen LogP contribution in [0.25, 0.3) is 0 Å². The predicted octanol–water partition coefficient (Wildman–Crippen LogP) is 3.17. The van der Waals surface area contributed by atoms with E-state index < -0.39 is 5.97 Å². The van der Waals surface area contributed by atoms with Gasteiger partial charge in [-0.05, 0) is 31.4 Å². The first-order valence-corrected chi connectivity index (χ1v) is 7.55. The molecule has 0 unspecified atom stereocenters. The Balaban J connectivity index is 1.91. The van der Waals surface area contributed by atoms with Crippen LogP contribution < -0.4 is 0 Å². The van der Waals surface area contributed by atoms with E-state index in [-0.39, 0.29) is 0 Å². The predicted molar refractivity (Wildman–Crippen MR) is 71.2 cm³/mol. The van der Waals surface area contributed by atoms with Gasteiger partial charge in [-0.15, -0.1) is 11.3 Å². The van der Waals surface area contributed by atoms with Crippen molar-refractivity contribution in [3.8, 4) is 0 Å². The van der Waals surface area contributed by atoms with Gasteiger partial charge in [0.1, 0.15) is 4.88 Å². The van der Waals surface area contributed by atoms with Gasteiger partial charge in [0, 0.05) is 29.1 Å². The van der Waals surface area contributed by atoms with E-state index in [2.05, 4.69) is 0 Å². The molecule has 1 saturated heterocycles. The van der Waals surface area contributed by atoms with Crippen LogP contribution in [0, 0.1) is 6.92 Å². The lowest BCUT2D eigenvalue weighted by molar-refractivity contribution is 0.0702. The Labute approximate surface area is 109 Å². The first kappa shape index (κ1) is 12.9. The maximum atomic E-state index is 10.9. The van der Waals surface area contributed by atoms with Crippen LogP contribution in [0.4, 0.5) is 0 Å². The molecule has 1 aromatic rings. The number of carboxylic acid groups (broad SMARTS) is 1. The van der Waals surface area contributed by atoms with Crippen LogP contribution >= 0.6 is 23.1 Å². The third-order valence-electron chi connectivity index (χ3n) is 2.87. The number of carbonyl (C=O) groups is 1. The van der Waals surface area contributed by atoms with E-state index in [1.54, 1.807) is 0 Å². The lowest BCUT2D eigenvalue weighted by Crippen LogP contribution is -2.17. The molecule has 5 heteroatoms. The van der Waals surface area contributed by atoms with E-state index >= 15 is 0 Å². The number of ether oxygens (including phenoxy) is 1. The quantitative estimate of drug-likeness (QED) is 0.914. The Kier molecular flexibility index (Phi) is 4.48. The van der Waals surface area contributed by atoms with Gasteiger partial charge in [-0.2, -0.15) is 11.8 Å². The molecule has 0 bridgehead atoms. The second-order valence-corrected chi connectivity index (χ2v) is 6.66. The fraction of sp³-hybridized carbons (Fsp3) is 0.583. The molecule has 0 saturated carbocycles. The van der Waals surface area contributed by atoms with E-state index in [9.17, 15) is 4.79 Å². The minimum atomic E-state index is -0.819. The summed E-state index contributed by atoms with van der Waals surface area (Å²) in [5, 5.41) is 9.59. The minimum Gasteiger partial charge on any atom is -0.477 e. The molecule has 1 aliphatic rings. The standard InChI is InChI=1S/C12H16O3S2/c1-8-9(6-11(17-8)12(13)14)7-16-10-2-4-15-5-3-10/h6,10H,2-5,7H2,1H3,(H,13,14). The summed E-state index contributed by atoms with van der Waals surface area (Å²) in [5.74, 6) is 0.0979. The molecule has 17 heavy (non-hydrogen) atoms. The average Bonchev–Trinajstić information content (AvgIpc) is 2.70. The highest BCUT2D eigenvalue weighted by Crippen LogP contribution is 2.30. The summed E-state index contributed by atoms with van der Waals surface area (Å²) >= 11 is 3.29. The molecule has 1 fully saturated rings. The zero-order chi connectivity index (χ0) is 12.3. The van der Waals surface area contributed by atoms with Crippen LogP contribution in [0.15, 0.2) is 6.07 Å². The zero-order valence-corrected chi connectivity index (χ0v) is 11.4.